The van der Waals surface area contributed by atoms with Gasteiger partial charge in [0, 0.05) is 25.6 Å². The lowest BCUT2D eigenvalue weighted by molar-refractivity contribution is -0.141. The minimum Gasteiger partial charge on any atom is -0.454 e. The van der Waals surface area contributed by atoms with Crippen LogP contribution in [-0.4, -0.2) is 38.0 Å². The summed E-state index contributed by atoms with van der Waals surface area (Å²) in [4.78, 5) is 29.8. The first kappa shape index (κ1) is 30.4. The zero-order valence-corrected chi connectivity index (χ0v) is 25.5. The molecular formula is C35H35N3O6S. The van der Waals surface area contributed by atoms with E-state index in [2.05, 4.69) is 10.0 Å². The van der Waals surface area contributed by atoms with Crippen molar-refractivity contribution in [2.75, 3.05) is 6.79 Å². The van der Waals surface area contributed by atoms with Crippen LogP contribution in [0, 0.1) is 0 Å². The van der Waals surface area contributed by atoms with Gasteiger partial charge in [-0.15, -0.1) is 0 Å². The highest BCUT2D eigenvalue weighted by molar-refractivity contribution is 7.89. The van der Waals surface area contributed by atoms with Crippen molar-refractivity contribution in [3.05, 3.63) is 125 Å². The molecule has 0 spiro atoms. The van der Waals surface area contributed by atoms with Gasteiger partial charge in [0.2, 0.25) is 28.6 Å². The third-order valence-corrected chi connectivity index (χ3v) is 9.39. The molecule has 4 aromatic carbocycles. The standard InChI is InChI=1S/C35H35N3O6S/c39-33(20-14-25-11-17-30(18-12-25)45(41,42)37-29-15-16-29)38(23-26-7-3-1-4-8-26)34(28-9-5-2-6-10-28)35(40)36-22-27-13-19-31-32(21-27)44-24-43-31/h1-13,17-19,21,29,34,37H,14-16,20,22-24H2,(H,36,40)/t34-/m0/s1. The van der Waals surface area contributed by atoms with Gasteiger partial charge in [-0.05, 0) is 65.8 Å². The summed E-state index contributed by atoms with van der Waals surface area (Å²) in [7, 11) is -3.56. The van der Waals surface area contributed by atoms with E-state index in [1.807, 2.05) is 78.9 Å². The Morgan fingerprint density at radius 2 is 1.47 bits per heavy atom. The molecule has 0 saturated heterocycles. The van der Waals surface area contributed by atoms with Gasteiger partial charge in [-0.25, -0.2) is 13.1 Å². The van der Waals surface area contributed by atoms with Crippen LogP contribution in [0.5, 0.6) is 11.5 Å². The predicted octanol–water partition coefficient (Wildman–Crippen LogP) is 4.88. The summed E-state index contributed by atoms with van der Waals surface area (Å²) in [5.74, 6) is 0.795. The molecule has 0 aromatic heterocycles. The van der Waals surface area contributed by atoms with Crippen LogP contribution in [-0.2, 0) is 39.1 Å². The number of rotatable bonds is 13. The van der Waals surface area contributed by atoms with Crippen molar-refractivity contribution < 1.29 is 27.5 Å². The van der Waals surface area contributed by atoms with Gasteiger partial charge < -0.3 is 19.7 Å². The van der Waals surface area contributed by atoms with Crippen LogP contribution < -0.4 is 19.5 Å². The minimum atomic E-state index is -3.56. The third-order valence-electron chi connectivity index (χ3n) is 7.86. The smallest absolute Gasteiger partial charge is 0.247 e. The Labute approximate surface area is 263 Å². The lowest BCUT2D eigenvalue weighted by atomic mass is 10.0. The molecule has 1 aliphatic heterocycles. The van der Waals surface area contributed by atoms with Gasteiger partial charge in [0.1, 0.15) is 6.04 Å². The molecule has 1 heterocycles. The topological polar surface area (TPSA) is 114 Å². The molecule has 0 bridgehead atoms. The van der Waals surface area contributed by atoms with Crippen LogP contribution in [0.2, 0.25) is 0 Å². The number of aryl methyl sites for hydroxylation is 1. The molecule has 0 unspecified atom stereocenters. The van der Waals surface area contributed by atoms with E-state index in [-0.39, 0.29) is 49.1 Å². The number of carbonyl (C=O) groups is 2. The molecule has 1 saturated carbocycles. The van der Waals surface area contributed by atoms with Gasteiger partial charge >= 0.3 is 0 Å². The van der Waals surface area contributed by atoms with Crippen LogP contribution in [0.3, 0.4) is 0 Å². The maximum atomic E-state index is 14.0. The van der Waals surface area contributed by atoms with E-state index in [9.17, 15) is 18.0 Å². The quantitative estimate of drug-likeness (QED) is 0.219. The summed E-state index contributed by atoms with van der Waals surface area (Å²) in [6, 6.07) is 30.2. The zero-order valence-electron chi connectivity index (χ0n) is 24.7. The van der Waals surface area contributed by atoms with E-state index in [0.717, 1.165) is 29.5 Å². The van der Waals surface area contributed by atoms with E-state index in [1.165, 1.54) is 0 Å². The monoisotopic (exact) mass is 625 g/mol. The molecule has 10 heteroatoms. The molecule has 6 rings (SSSR count). The highest BCUT2D eigenvalue weighted by Crippen LogP contribution is 2.33. The van der Waals surface area contributed by atoms with Crippen molar-refractivity contribution in [3.8, 4) is 11.5 Å². The van der Waals surface area contributed by atoms with Crippen molar-refractivity contribution >= 4 is 21.8 Å². The Bertz CT molecular complexity index is 1740. The first-order chi connectivity index (χ1) is 21.9. The van der Waals surface area contributed by atoms with Crippen molar-refractivity contribution in [3.63, 3.8) is 0 Å². The predicted molar refractivity (Wildman–Crippen MR) is 169 cm³/mol. The number of nitrogens with zero attached hydrogens (tertiary/aromatic N) is 1. The fraction of sp³-hybridized carbons (Fsp3) is 0.257. The number of sulfonamides is 1. The van der Waals surface area contributed by atoms with Gasteiger partial charge in [0.15, 0.2) is 11.5 Å². The number of hydrogen-bond donors (Lipinski definition) is 2. The van der Waals surface area contributed by atoms with E-state index < -0.39 is 16.1 Å². The number of amides is 2. The first-order valence-corrected chi connectivity index (χ1v) is 16.5. The van der Waals surface area contributed by atoms with E-state index in [4.69, 9.17) is 9.47 Å². The normalized spacial score (nSPS) is 14.5. The summed E-state index contributed by atoms with van der Waals surface area (Å²) in [6.07, 6.45) is 2.25. The average Bonchev–Trinajstić information content (AvgIpc) is 3.74. The third kappa shape index (κ3) is 7.71. The van der Waals surface area contributed by atoms with Gasteiger partial charge in [-0.2, -0.15) is 0 Å². The van der Waals surface area contributed by atoms with Gasteiger partial charge in [-0.1, -0.05) is 78.9 Å². The van der Waals surface area contributed by atoms with Crippen LogP contribution in [0.15, 0.2) is 108 Å². The zero-order chi connectivity index (χ0) is 31.2. The molecule has 1 fully saturated rings. The van der Waals surface area contributed by atoms with Crippen molar-refractivity contribution in [2.24, 2.45) is 0 Å². The number of nitrogens with one attached hydrogen (secondary N) is 2. The molecule has 232 valence electrons. The summed E-state index contributed by atoms with van der Waals surface area (Å²) < 4.78 is 38.7. The van der Waals surface area contributed by atoms with E-state index in [0.29, 0.717) is 23.5 Å². The Kier molecular flexibility index (Phi) is 9.13. The fourth-order valence-corrected chi connectivity index (χ4v) is 6.57. The Morgan fingerprint density at radius 1 is 0.800 bits per heavy atom. The summed E-state index contributed by atoms with van der Waals surface area (Å²) in [5, 5.41) is 3.03. The number of benzene rings is 4. The molecule has 9 nitrogen and oxygen atoms in total. The molecule has 2 aliphatic rings. The fourth-order valence-electron chi connectivity index (χ4n) is 5.27. The van der Waals surface area contributed by atoms with E-state index >= 15 is 0 Å². The second-order valence-corrected chi connectivity index (χ2v) is 13.0. The number of fused-ring (bicyclic) bond motifs is 1. The molecule has 2 amide bonds. The summed E-state index contributed by atoms with van der Waals surface area (Å²) in [6.45, 7) is 0.649. The van der Waals surface area contributed by atoms with Crippen molar-refractivity contribution in [1.82, 2.24) is 14.9 Å². The Hall–Kier alpha value is -4.67. The molecule has 1 atom stereocenters. The molecule has 45 heavy (non-hydrogen) atoms. The number of ether oxygens (including phenoxy) is 2. The minimum absolute atomic E-state index is 0.0228. The van der Waals surface area contributed by atoms with Crippen LogP contribution in [0.1, 0.15) is 47.6 Å². The highest BCUT2D eigenvalue weighted by Gasteiger charge is 2.32. The lowest BCUT2D eigenvalue weighted by Crippen LogP contribution is -2.43. The maximum Gasteiger partial charge on any atom is 0.247 e. The molecule has 2 N–H and O–H groups in total. The largest absolute Gasteiger partial charge is 0.454 e. The Balaban J connectivity index is 1.21. The van der Waals surface area contributed by atoms with Crippen LogP contribution in [0.25, 0.3) is 0 Å². The number of hydrogen-bond acceptors (Lipinski definition) is 6. The van der Waals surface area contributed by atoms with Crippen molar-refractivity contribution in [1.29, 1.82) is 0 Å². The Morgan fingerprint density at radius 3 is 2.18 bits per heavy atom. The lowest BCUT2D eigenvalue weighted by Gasteiger charge is -2.32. The van der Waals surface area contributed by atoms with Gasteiger partial charge in [0.05, 0.1) is 4.90 Å². The van der Waals surface area contributed by atoms with Gasteiger partial charge in [0.25, 0.3) is 0 Å². The average molecular weight is 626 g/mol. The second-order valence-electron chi connectivity index (χ2n) is 11.3. The second kappa shape index (κ2) is 13.5. The molecule has 4 aromatic rings. The molecule has 0 radical (unpaired) electrons. The van der Waals surface area contributed by atoms with E-state index in [1.54, 1.807) is 29.2 Å². The van der Waals surface area contributed by atoms with Crippen LogP contribution >= 0.6 is 0 Å². The van der Waals surface area contributed by atoms with Crippen LogP contribution in [0.4, 0.5) is 0 Å². The molecule has 1 aliphatic carbocycles. The van der Waals surface area contributed by atoms with Crippen molar-refractivity contribution in [2.45, 2.75) is 55.8 Å². The van der Waals surface area contributed by atoms with Gasteiger partial charge in [-0.3, -0.25) is 9.59 Å². The summed E-state index contributed by atoms with van der Waals surface area (Å²) >= 11 is 0. The number of carbonyl (C=O) groups excluding carboxylic acids is 2. The highest BCUT2D eigenvalue weighted by atomic mass is 32.2. The summed E-state index contributed by atoms with van der Waals surface area (Å²) in [5.41, 5.74) is 3.27. The maximum absolute atomic E-state index is 14.0. The SMILES string of the molecule is O=C(NCc1ccc2c(c1)OCO2)[C@H](c1ccccc1)N(Cc1ccccc1)C(=O)CCc1ccc(S(=O)(=O)NC2CC2)cc1. The first-order valence-electron chi connectivity index (χ1n) is 15.0. The molecular weight excluding hydrogens is 590 g/mol.